The van der Waals surface area contributed by atoms with E-state index in [0.717, 1.165) is 39.0 Å². The van der Waals surface area contributed by atoms with Gasteiger partial charge in [-0.2, -0.15) is 0 Å². The molecule has 1 aliphatic rings. The Bertz CT molecular complexity index is 700. The molecule has 1 amide bonds. The van der Waals surface area contributed by atoms with Crippen LogP contribution in [0, 0.1) is 11.7 Å². The first-order valence-electron chi connectivity index (χ1n) is 9.59. The normalized spacial score (nSPS) is 15.6. The van der Waals surface area contributed by atoms with Crippen molar-refractivity contribution in [2.24, 2.45) is 5.92 Å². The lowest BCUT2D eigenvalue weighted by atomic mass is 9.96. The minimum atomic E-state index is -0.313. The second kappa shape index (κ2) is 10.4. The number of piperidine rings is 1. The maximum atomic E-state index is 13.1. The van der Waals surface area contributed by atoms with Gasteiger partial charge in [0.15, 0.2) is 0 Å². The van der Waals surface area contributed by atoms with Crippen molar-refractivity contribution >= 4 is 17.2 Å². The summed E-state index contributed by atoms with van der Waals surface area (Å²) in [6, 6.07) is 10.4. The van der Waals surface area contributed by atoms with E-state index in [1.54, 1.807) is 12.1 Å². The molecule has 0 bridgehead atoms. The molecule has 3 rings (SSSR count). The first-order chi connectivity index (χ1) is 13.2. The number of nitrogens with zero attached hydrogens (tertiary/aromatic N) is 1. The molecule has 2 heterocycles. The van der Waals surface area contributed by atoms with Crippen molar-refractivity contribution in [3.8, 4) is 5.75 Å². The van der Waals surface area contributed by atoms with Gasteiger partial charge in [-0.15, -0.1) is 11.3 Å². The summed E-state index contributed by atoms with van der Waals surface area (Å²) < 4.78 is 18.5. The molecule has 1 aliphatic heterocycles. The lowest BCUT2D eigenvalue weighted by molar-refractivity contribution is -0.121. The third kappa shape index (κ3) is 6.96. The quantitative estimate of drug-likeness (QED) is 0.656. The first-order valence-corrected chi connectivity index (χ1v) is 10.5. The summed E-state index contributed by atoms with van der Waals surface area (Å²) in [5.41, 5.74) is 0. The fourth-order valence-corrected chi connectivity index (χ4v) is 4.04. The molecule has 0 spiro atoms. The van der Waals surface area contributed by atoms with Crippen LogP contribution in [0.3, 0.4) is 0 Å². The van der Waals surface area contributed by atoms with Crippen LogP contribution >= 0.6 is 11.3 Å². The Morgan fingerprint density at radius 2 is 2.11 bits per heavy atom. The highest BCUT2D eigenvalue weighted by Gasteiger charge is 2.19. The van der Waals surface area contributed by atoms with Crippen LogP contribution < -0.4 is 10.1 Å². The zero-order valence-electron chi connectivity index (χ0n) is 15.5. The standard InChI is InChI=1S/C21H27FN2O2S/c22-18-4-1-5-19(14-18)26-12-2-7-21(25)23-15-17-8-10-24(11-9-17)16-20-6-3-13-27-20/h1,3-6,13-14,17H,2,7-12,15-16H2,(H,23,25). The molecule has 0 aliphatic carbocycles. The largest absolute Gasteiger partial charge is 0.493 e. The Morgan fingerprint density at radius 3 is 2.85 bits per heavy atom. The van der Waals surface area contributed by atoms with Crippen molar-refractivity contribution in [1.29, 1.82) is 0 Å². The Labute approximate surface area is 164 Å². The zero-order chi connectivity index (χ0) is 18.9. The van der Waals surface area contributed by atoms with Gasteiger partial charge in [0.25, 0.3) is 0 Å². The van der Waals surface area contributed by atoms with E-state index < -0.39 is 0 Å². The summed E-state index contributed by atoms with van der Waals surface area (Å²) in [4.78, 5) is 15.9. The van der Waals surface area contributed by atoms with Gasteiger partial charge in [-0.25, -0.2) is 4.39 Å². The predicted octanol–water partition coefficient (Wildman–Crippen LogP) is 4.07. The van der Waals surface area contributed by atoms with Crippen LogP contribution in [0.5, 0.6) is 5.75 Å². The maximum Gasteiger partial charge on any atom is 0.220 e. The van der Waals surface area contributed by atoms with Crippen LogP contribution in [0.25, 0.3) is 0 Å². The molecule has 146 valence electrons. The monoisotopic (exact) mass is 390 g/mol. The lowest BCUT2D eigenvalue weighted by Crippen LogP contribution is -2.38. The predicted molar refractivity (Wildman–Crippen MR) is 106 cm³/mol. The summed E-state index contributed by atoms with van der Waals surface area (Å²) in [7, 11) is 0. The van der Waals surface area contributed by atoms with Gasteiger partial charge in [-0.1, -0.05) is 12.1 Å². The van der Waals surface area contributed by atoms with Crippen molar-refractivity contribution in [2.45, 2.75) is 32.2 Å². The number of carbonyl (C=O) groups is 1. The van der Waals surface area contributed by atoms with E-state index in [2.05, 4.69) is 27.7 Å². The third-order valence-corrected chi connectivity index (χ3v) is 5.73. The van der Waals surface area contributed by atoms with E-state index >= 15 is 0 Å². The topological polar surface area (TPSA) is 41.6 Å². The minimum Gasteiger partial charge on any atom is -0.493 e. The summed E-state index contributed by atoms with van der Waals surface area (Å²) in [5.74, 6) is 0.826. The second-order valence-electron chi connectivity index (χ2n) is 7.01. The van der Waals surface area contributed by atoms with Crippen molar-refractivity contribution in [1.82, 2.24) is 10.2 Å². The Kier molecular flexibility index (Phi) is 7.66. The number of ether oxygens (including phenoxy) is 1. The van der Waals surface area contributed by atoms with Crippen LogP contribution in [0.2, 0.25) is 0 Å². The first kappa shape index (κ1) is 19.8. The fraction of sp³-hybridized carbons (Fsp3) is 0.476. The number of halogens is 1. The molecule has 0 saturated carbocycles. The number of hydrogen-bond acceptors (Lipinski definition) is 4. The number of rotatable bonds is 9. The molecule has 1 aromatic carbocycles. The number of likely N-dealkylation sites (tertiary alicyclic amines) is 1. The van der Waals surface area contributed by atoms with Crippen LogP contribution in [-0.2, 0) is 11.3 Å². The Hall–Kier alpha value is -1.92. The van der Waals surface area contributed by atoms with E-state index in [1.807, 2.05) is 11.3 Å². The highest BCUT2D eigenvalue weighted by molar-refractivity contribution is 7.09. The van der Waals surface area contributed by atoms with E-state index in [1.165, 1.54) is 17.0 Å². The molecule has 4 nitrogen and oxygen atoms in total. The Balaban J connectivity index is 1.24. The molecule has 6 heteroatoms. The molecule has 1 saturated heterocycles. The zero-order valence-corrected chi connectivity index (χ0v) is 16.3. The number of benzene rings is 1. The van der Waals surface area contributed by atoms with E-state index in [-0.39, 0.29) is 11.7 Å². The van der Waals surface area contributed by atoms with E-state index in [0.29, 0.717) is 31.1 Å². The lowest BCUT2D eigenvalue weighted by Gasteiger charge is -2.31. The van der Waals surface area contributed by atoms with Gasteiger partial charge in [0.1, 0.15) is 11.6 Å². The number of nitrogens with one attached hydrogen (secondary N) is 1. The number of hydrogen-bond donors (Lipinski definition) is 1. The molecule has 0 radical (unpaired) electrons. The van der Waals surface area contributed by atoms with Crippen molar-refractivity contribution in [3.63, 3.8) is 0 Å². The molecule has 2 aromatic rings. The number of amides is 1. The van der Waals surface area contributed by atoms with Crippen molar-refractivity contribution in [3.05, 3.63) is 52.5 Å². The van der Waals surface area contributed by atoms with Gasteiger partial charge in [0.05, 0.1) is 6.61 Å². The summed E-state index contributed by atoms with van der Waals surface area (Å²) in [5, 5.41) is 5.18. The summed E-state index contributed by atoms with van der Waals surface area (Å²) in [6.45, 7) is 4.41. The summed E-state index contributed by atoms with van der Waals surface area (Å²) in [6.07, 6.45) is 3.33. The van der Waals surface area contributed by atoms with E-state index in [9.17, 15) is 9.18 Å². The summed E-state index contributed by atoms with van der Waals surface area (Å²) >= 11 is 1.81. The van der Waals surface area contributed by atoms with Crippen molar-refractivity contribution in [2.75, 3.05) is 26.2 Å². The minimum absolute atomic E-state index is 0.0684. The molecular formula is C21H27FN2O2S. The molecule has 0 atom stereocenters. The van der Waals surface area contributed by atoms with Crippen LogP contribution in [0.1, 0.15) is 30.6 Å². The van der Waals surface area contributed by atoms with Gasteiger partial charge in [-0.05, 0) is 61.8 Å². The van der Waals surface area contributed by atoms with Crippen molar-refractivity contribution < 1.29 is 13.9 Å². The van der Waals surface area contributed by atoms with Crippen LogP contribution in [0.15, 0.2) is 41.8 Å². The highest BCUT2D eigenvalue weighted by Crippen LogP contribution is 2.20. The second-order valence-corrected chi connectivity index (χ2v) is 8.04. The number of thiophene rings is 1. The average molecular weight is 391 g/mol. The molecule has 1 aromatic heterocycles. The molecule has 1 fully saturated rings. The highest BCUT2D eigenvalue weighted by atomic mass is 32.1. The smallest absolute Gasteiger partial charge is 0.220 e. The third-order valence-electron chi connectivity index (χ3n) is 4.87. The SMILES string of the molecule is O=C(CCCOc1cccc(F)c1)NCC1CCN(Cc2cccs2)CC1. The maximum absolute atomic E-state index is 13.1. The van der Waals surface area contributed by atoms with Gasteiger partial charge in [-0.3, -0.25) is 9.69 Å². The molecular weight excluding hydrogens is 363 g/mol. The molecule has 27 heavy (non-hydrogen) atoms. The fourth-order valence-electron chi connectivity index (χ4n) is 3.30. The average Bonchev–Trinajstić information content (AvgIpc) is 3.18. The number of carbonyl (C=O) groups excluding carboxylic acids is 1. The van der Waals surface area contributed by atoms with Crippen LogP contribution in [-0.4, -0.2) is 37.0 Å². The van der Waals surface area contributed by atoms with Gasteiger partial charge < -0.3 is 10.1 Å². The molecule has 0 unspecified atom stereocenters. The van der Waals surface area contributed by atoms with Crippen LogP contribution in [0.4, 0.5) is 4.39 Å². The van der Waals surface area contributed by atoms with Gasteiger partial charge >= 0.3 is 0 Å². The van der Waals surface area contributed by atoms with Gasteiger partial charge in [0.2, 0.25) is 5.91 Å². The van der Waals surface area contributed by atoms with Gasteiger partial charge in [0, 0.05) is 30.5 Å². The van der Waals surface area contributed by atoms with E-state index in [4.69, 9.17) is 4.74 Å². The molecule has 1 N–H and O–H groups in total. The Morgan fingerprint density at radius 1 is 1.26 bits per heavy atom.